The van der Waals surface area contributed by atoms with Crippen LogP contribution < -0.4 is 0 Å². The molecular formula is C20H18FN3O. The van der Waals surface area contributed by atoms with E-state index in [0.717, 1.165) is 12.1 Å². The molecule has 5 heteroatoms. The van der Waals surface area contributed by atoms with E-state index in [-0.39, 0.29) is 17.6 Å². The van der Waals surface area contributed by atoms with Gasteiger partial charge in [0, 0.05) is 25.2 Å². The first-order chi connectivity index (χ1) is 12.2. The van der Waals surface area contributed by atoms with Crippen LogP contribution in [0.2, 0.25) is 0 Å². The van der Waals surface area contributed by atoms with E-state index in [1.54, 1.807) is 34.1 Å². The molecule has 1 atom stereocenters. The fourth-order valence-corrected chi connectivity index (χ4v) is 3.34. The predicted octanol–water partition coefficient (Wildman–Crippen LogP) is 3.64. The third-order valence-corrected chi connectivity index (χ3v) is 4.67. The zero-order valence-electron chi connectivity index (χ0n) is 13.7. The summed E-state index contributed by atoms with van der Waals surface area (Å²) in [5.41, 5.74) is 2.16. The average molecular weight is 335 g/mol. The minimum absolute atomic E-state index is 0.0503. The largest absolute Gasteiger partial charge is 0.338 e. The number of carbonyl (C=O) groups excluding carboxylic acids is 1. The molecule has 2 heterocycles. The molecule has 3 aromatic rings. The van der Waals surface area contributed by atoms with Gasteiger partial charge >= 0.3 is 0 Å². The number of para-hydroxylation sites is 1. The lowest BCUT2D eigenvalue weighted by molar-refractivity contribution is 0.0790. The molecule has 2 aromatic carbocycles. The number of amides is 1. The van der Waals surface area contributed by atoms with E-state index < -0.39 is 0 Å². The molecule has 0 spiro atoms. The summed E-state index contributed by atoms with van der Waals surface area (Å²) >= 11 is 0. The lowest BCUT2D eigenvalue weighted by Gasteiger charge is -2.16. The molecule has 25 heavy (non-hydrogen) atoms. The number of carbonyl (C=O) groups is 1. The highest BCUT2D eigenvalue weighted by atomic mass is 19.1. The zero-order valence-corrected chi connectivity index (χ0v) is 13.7. The maximum atomic E-state index is 14.0. The summed E-state index contributed by atoms with van der Waals surface area (Å²) in [6.07, 6.45) is 4.11. The molecule has 1 saturated heterocycles. The number of hydrogen-bond donors (Lipinski definition) is 0. The van der Waals surface area contributed by atoms with E-state index in [2.05, 4.69) is 5.10 Å². The SMILES string of the molecule is O=C(c1cnn(-c2ccccc2)c1)N1CC[C@@H](c2ccccc2F)C1. The van der Waals surface area contributed by atoms with Crippen LogP contribution in [0.25, 0.3) is 5.69 Å². The monoisotopic (exact) mass is 335 g/mol. The van der Waals surface area contributed by atoms with Crippen molar-refractivity contribution in [2.24, 2.45) is 0 Å². The second-order valence-electron chi connectivity index (χ2n) is 6.27. The maximum Gasteiger partial charge on any atom is 0.257 e. The van der Waals surface area contributed by atoms with E-state index in [0.29, 0.717) is 24.2 Å². The summed E-state index contributed by atoms with van der Waals surface area (Å²) in [4.78, 5) is 14.5. The first-order valence-corrected chi connectivity index (χ1v) is 8.36. The van der Waals surface area contributed by atoms with Gasteiger partial charge in [-0.2, -0.15) is 5.10 Å². The van der Waals surface area contributed by atoms with Crippen molar-refractivity contribution in [3.63, 3.8) is 0 Å². The van der Waals surface area contributed by atoms with Crippen molar-refractivity contribution >= 4 is 5.91 Å². The van der Waals surface area contributed by atoms with Gasteiger partial charge in [-0.3, -0.25) is 4.79 Å². The van der Waals surface area contributed by atoms with Crippen molar-refractivity contribution in [2.45, 2.75) is 12.3 Å². The number of likely N-dealkylation sites (tertiary alicyclic amines) is 1. The first-order valence-electron chi connectivity index (χ1n) is 8.36. The van der Waals surface area contributed by atoms with Crippen LogP contribution in [0.1, 0.15) is 28.3 Å². The second-order valence-corrected chi connectivity index (χ2v) is 6.27. The quantitative estimate of drug-likeness (QED) is 0.733. The molecule has 1 amide bonds. The molecule has 0 saturated carbocycles. The Hall–Kier alpha value is -2.95. The molecule has 126 valence electrons. The number of hydrogen-bond acceptors (Lipinski definition) is 2. The number of aromatic nitrogens is 2. The molecule has 1 aliphatic rings. The van der Waals surface area contributed by atoms with Gasteiger partial charge in [-0.15, -0.1) is 0 Å². The third kappa shape index (κ3) is 3.05. The number of nitrogens with zero attached hydrogens (tertiary/aromatic N) is 3. The Morgan fingerprint density at radius 3 is 2.64 bits per heavy atom. The Kier molecular flexibility index (Phi) is 4.06. The summed E-state index contributed by atoms with van der Waals surface area (Å²) in [5.74, 6) is -0.200. The standard InChI is InChI=1S/C20H18FN3O/c21-19-9-5-4-8-18(19)15-10-11-23(13-15)20(25)16-12-22-24(14-16)17-6-2-1-3-7-17/h1-9,12,14-15H,10-11,13H2/t15-/m1/s1. The van der Waals surface area contributed by atoms with E-state index in [4.69, 9.17) is 0 Å². The topological polar surface area (TPSA) is 38.1 Å². The fourth-order valence-electron chi connectivity index (χ4n) is 3.34. The second kappa shape index (κ2) is 6.51. The van der Waals surface area contributed by atoms with Crippen molar-refractivity contribution in [3.05, 3.63) is 83.9 Å². The lowest BCUT2D eigenvalue weighted by Crippen LogP contribution is -2.28. The Morgan fingerprint density at radius 2 is 1.84 bits per heavy atom. The predicted molar refractivity (Wildman–Crippen MR) is 93.2 cm³/mol. The lowest BCUT2D eigenvalue weighted by atomic mass is 9.98. The van der Waals surface area contributed by atoms with Crippen LogP contribution in [0, 0.1) is 5.82 Å². The average Bonchev–Trinajstić information content (AvgIpc) is 3.32. The van der Waals surface area contributed by atoms with Crippen LogP contribution in [0.15, 0.2) is 67.0 Å². The minimum atomic E-state index is -0.196. The van der Waals surface area contributed by atoms with E-state index in [9.17, 15) is 9.18 Å². The fraction of sp³-hybridized carbons (Fsp3) is 0.200. The number of halogens is 1. The van der Waals surface area contributed by atoms with Crippen LogP contribution in [0.5, 0.6) is 0 Å². The molecule has 1 aromatic heterocycles. The summed E-state index contributed by atoms with van der Waals surface area (Å²) in [6.45, 7) is 1.17. The molecule has 0 radical (unpaired) electrons. The molecule has 1 aliphatic heterocycles. The van der Waals surface area contributed by atoms with Crippen molar-refractivity contribution in [1.82, 2.24) is 14.7 Å². The highest BCUT2D eigenvalue weighted by Crippen LogP contribution is 2.29. The highest BCUT2D eigenvalue weighted by Gasteiger charge is 2.29. The summed E-state index contributed by atoms with van der Waals surface area (Å²) in [7, 11) is 0. The smallest absolute Gasteiger partial charge is 0.257 e. The molecule has 1 fully saturated rings. The highest BCUT2D eigenvalue weighted by molar-refractivity contribution is 5.94. The Morgan fingerprint density at radius 1 is 1.08 bits per heavy atom. The van der Waals surface area contributed by atoms with Gasteiger partial charge in [-0.25, -0.2) is 9.07 Å². The maximum absolute atomic E-state index is 14.0. The van der Waals surface area contributed by atoms with Crippen LogP contribution >= 0.6 is 0 Å². The normalized spacial score (nSPS) is 17.0. The van der Waals surface area contributed by atoms with Crippen LogP contribution in [0.3, 0.4) is 0 Å². The van der Waals surface area contributed by atoms with Crippen molar-refractivity contribution in [3.8, 4) is 5.69 Å². The number of rotatable bonds is 3. The van der Waals surface area contributed by atoms with Gasteiger partial charge in [0.1, 0.15) is 5.82 Å². The summed E-state index contributed by atoms with van der Waals surface area (Å²) in [5, 5.41) is 4.28. The van der Waals surface area contributed by atoms with Gasteiger partial charge in [0.05, 0.1) is 17.4 Å². The Labute approximate surface area is 145 Å². The Bertz CT molecular complexity index is 891. The molecule has 4 rings (SSSR count). The molecular weight excluding hydrogens is 317 g/mol. The summed E-state index contributed by atoms with van der Waals surface area (Å²) in [6, 6.07) is 16.5. The van der Waals surface area contributed by atoms with Crippen molar-refractivity contribution in [1.29, 1.82) is 0 Å². The van der Waals surface area contributed by atoms with E-state index in [1.165, 1.54) is 6.07 Å². The molecule has 4 nitrogen and oxygen atoms in total. The molecule has 0 aliphatic carbocycles. The third-order valence-electron chi connectivity index (χ3n) is 4.67. The first kappa shape index (κ1) is 15.6. The van der Waals surface area contributed by atoms with E-state index >= 15 is 0 Å². The molecule has 0 N–H and O–H groups in total. The minimum Gasteiger partial charge on any atom is -0.338 e. The van der Waals surface area contributed by atoms with Gasteiger partial charge in [-0.1, -0.05) is 36.4 Å². The van der Waals surface area contributed by atoms with E-state index in [1.807, 2.05) is 36.4 Å². The van der Waals surface area contributed by atoms with Gasteiger partial charge in [-0.05, 0) is 30.2 Å². The number of benzene rings is 2. The van der Waals surface area contributed by atoms with Crippen LogP contribution in [0.4, 0.5) is 4.39 Å². The Balaban J connectivity index is 1.49. The van der Waals surface area contributed by atoms with Crippen LogP contribution in [-0.4, -0.2) is 33.7 Å². The van der Waals surface area contributed by atoms with Crippen LogP contribution in [-0.2, 0) is 0 Å². The molecule has 0 unspecified atom stereocenters. The zero-order chi connectivity index (χ0) is 17.2. The van der Waals surface area contributed by atoms with Crippen molar-refractivity contribution in [2.75, 3.05) is 13.1 Å². The molecule has 0 bridgehead atoms. The van der Waals surface area contributed by atoms with Crippen molar-refractivity contribution < 1.29 is 9.18 Å². The van der Waals surface area contributed by atoms with Gasteiger partial charge in [0.2, 0.25) is 0 Å². The summed E-state index contributed by atoms with van der Waals surface area (Å²) < 4.78 is 15.7. The van der Waals surface area contributed by atoms with Gasteiger partial charge < -0.3 is 4.90 Å². The van der Waals surface area contributed by atoms with Gasteiger partial charge in [0.15, 0.2) is 0 Å². The van der Waals surface area contributed by atoms with Gasteiger partial charge in [0.25, 0.3) is 5.91 Å².